The zero-order chi connectivity index (χ0) is 39.7. The van der Waals surface area contributed by atoms with Crippen molar-refractivity contribution < 1.29 is 35.9 Å². The van der Waals surface area contributed by atoms with Crippen molar-refractivity contribution in [3.05, 3.63) is 34.4 Å². The van der Waals surface area contributed by atoms with Gasteiger partial charge in [0.1, 0.15) is 53.6 Å². The van der Waals surface area contributed by atoms with Crippen LogP contribution in [0, 0.1) is 28.9 Å². The van der Waals surface area contributed by atoms with Crippen LogP contribution in [0.3, 0.4) is 0 Å². The van der Waals surface area contributed by atoms with Gasteiger partial charge in [-0.25, -0.2) is 21.6 Å². The highest BCUT2D eigenvalue weighted by atomic mass is 35.5. The van der Waals surface area contributed by atoms with Crippen LogP contribution in [0.2, 0.25) is 5.02 Å². The zero-order valence-corrected chi connectivity index (χ0v) is 33.2. The number of rotatable bonds is 7. The van der Waals surface area contributed by atoms with Gasteiger partial charge in [0.15, 0.2) is 11.6 Å². The number of anilines is 2. The number of nitriles is 1. The van der Waals surface area contributed by atoms with E-state index in [1.165, 1.54) is 16.4 Å². The molecule has 4 aromatic rings. The van der Waals surface area contributed by atoms with Crippen molar-refractivity contribution in [1.82, 2.24) is 24.1 Å². The molecule has 4 saturated heterocycles. The number of halogens is 4. The second-order valence-electron chi connectivity index (χ2n) is 16.1. The summed E-state index contributed by atoms with van der Waals surface area (Å²) >= 11 is 8.00. The lowest BCUT2D eigenvalue weighted by molar-refractivity contribution is -0.131. The summed E-state index contributed by atoms with van der Waals surface area (Å²) in [6, 6.07) is 2.95. The Balaban J connectivity index is 1.08. The van der Waals surface area contributed by atoms with Crippen LogP contribution in [-0.2, 0) is 14.8 Å². The first-order valence-corrected chi connectivity index (χ1v) is 22.2. The number of nitrogen functional groups attached to an aromatic ring is 1. The molecule has 1 amide bonds. The predicted octanol–water partition coefficient (Wildman–Crippen LogP) is 5.07. The van der Waals surface area contributed by atoms with Gasteiger partial charge in [-0.3, -0.25) is 9.69 Å². The average Bonchev–Trinajstić information content (AvgIpc) is 4.06. The van der Waals surface area contributed by atoms with E-state index in [-0.39, 0.29) is 109 Å². The van der Waals surface area contributed by atoms with Crippen LogP contribution in [0.5, 0.6) is 11.8 Å². The number of benzene rings is 2. The molecule has 2 aromatic carbocycles. The number of ether oxygens (including phenoxy) is 2. The Labute approximate surface area is 335 Å². The number of nitrogens with zero attached hydrogens (tertiary/aromatic N) is 7. The number of aromatic nitrogens is 2. The first-order chi connectivity index (χ1) is 27.3. The number of hydrogen-bond donors (Lipinski definition) is 1. The van der Waals surface area contributed by atoms with Crippen LogP contribution in [0.15, 0.2) is 12.1 Å². The number of nitrogens with two attached hydrogens (primary N) is 1. The lowest BCUT2D eigenvalue weighted by Gasteiger charge is -2.31. The molecule has 300 valence electrons. The summed E-state index contributed by atoms with van der Waals surface area (Å²) < 4.78 is 86.7. The van der Waals surface area contributed by atoms with Crippen molar-refractivity contribution in [3.63, 3.8) is 0 Å². The number of hydrogen-bond acceptors (Lipinski definition) is 12. The summed E-state index contributed by atoms with van der Waals surface area (Å²) in [6.07, 6.45) is 4.22. The van der Waals surface area contributed by atoms with E-state index in [9.17, 15) is 22.9 Å². The van der Waals surface area contributed by atoms with Gasteiger partial charge in [-0.1, -0.05) is 17.7 Å². The van der Waals surface area contributed by atoms with E-state index in [0.29, 0.717) is 25.9 Å². The molecule has 1 saturated carbocycles. The predicted molar refractivity (Wildman–Crippen MR) is 208 cm³/mol. The number of fused-ring (bicyclic) bond motifs is 4. The standard InChI is InChI=1S/C38H38ClF3N8O5S2/c1-57(52,53)50-30(18-3-4-18)31(50)36(51)47-10-7-20-16-54-32-26-29(28(42)25(27(32)39)21-5-6-23(41)33-24(21)22(14-43)34(44)56-33)45-37(46-35(26)49(20)12-11-47)55-17-38-8-2-9-48(38)15-19(40)13-38/h5-6,18-20,30-31H,2-4,7-13,15-17,44H2,1H3/t19-,20?,30+,31-,38?,50?/m1/s1. The van der Waals surface area contributed by atoms with Gasteiger partial charge in [0.05, 0.1) is 44.6 Å². The quantitative estimate of drug-likeness (QED) is 0.248. The van der Waals surface area contributed by atoms with E-state index in [1.54, 1.807) is 4.90 Å². The highest BCUT2D eigenvalue weighted by Crippen LogP contribution is 2.52. The SMILES string of the molecule is CS(=O)(=O)N1[C@@H](C(=O)N2CCC3COc4c(Cl)c(-c5ccc(F)c6sc(N)c(C#N)c56)c(F)c5nc(OCC67CCCN6C[C@H](F)C7)nc(c45)N3CC2)[C@@H]1C1CC1. The van der Waals surface area contributed by atoms with E-state index in [0.717, 1.165) is 49.8 Å². The second-order valence-corrected chi connectivity index (χ2v) is 19.5. The molecule has 2 aromatic heterocycles. The largest absolute Gasteiger partial charge is 0.489 e. The first-order valence-electron chi connectivity index (χ1n) is 19.1. The molecule has 1 aliphatic carbocycles. The Bertz CT molecular complexity index is 2550. The Morgan fingerprint density at radius 1 is 1.18 bits per heavy atom. The van der Waals surface area contributed by atoms with Crippen molar-refractivity contribution in [1.29, 1.82) is 5.26 Å². The number of thiophene rings is 1. The van der Waals surface area contributed by atoms with Crippen LogP contribution in [0.25, 0.3) is 32.1 Å². The minimum atomic E-state index is -3.57. The summed E-state index contributed by atoms with van der Waals surface area (Å²) in [5.74, 6) is -1.21. The molecule has 19 heteroatoms. The van der Waals surface area contributed by atoms with Gasteiger partial charge >= 0.3 is 6.01 Å². The third kappa shape index (κ3) is 5.82. The van der Waals surface area contributed by atoms with Gasteiger partial charge < -0.3 is 25.0 Å². The van der Waals surface area contributed by atoms with E-state index in [4.69, 9.17) is 31.8 Å². The molecule has 13 nitrogen and oxygen atoms in total. The van der Waals surface area contributed by atoms with E-state index >= 15 is 8.78 Å². The summed E-state index contributed by atoms with van der Waals surface area (Å²) in [7, 11) is -3.57. The number of carbonyl (C=O) groups is 1. The number of alkyl halides is 1. The molecule has 0 bridgehead atoms. The molecule has 7 heterocycles. The van der Waals surface area contributed by atoms with E-state index in [2.05, 4.69) is 9.88 Å². The normalized spacial score (nSPS) is 28.5. The summed E-state index contributed by atoms with van der Waals surface area (Å²) in [4.78, 5) is 29.1. The maximum absolute atomic E-state index is 17.5. The Morgan fingerprint density at radius 2 is 1.98 bits per heavy atom. The highest BCUT2D eigenvalue weighted by molar-refractivity contribution is 7.88. The van der Waals surface area contributed by atoms with Crippen LogP contribution >= 0.6 is 22.9 Å². The van der Waals surface area contributed by atoms with Crippen molar-refractivity contribution in [2.45, 2.75) is 68.4 Å². The number of amides is 1. The van der Waals surface area contributed by atoms with Crippen molar-refractivity contribution in [3.8, 4) is 29.0 Å². The molecule has 0 spiro atoms. The summed E-state index contributed by atoms with van der Waals surface area (Å²) in [5, 5.41) is 10.3. The Morgan fingerprint density at radius 3 is 2.74 bits per heavy atom. The fourth-order valence-electron chi connectivity index (χ4n) is 9.87. The van der Waals surface area contributed by atoms with Crippen molar-refractivity contribution in [2.75, 3.05) is 62.8 Å². The van der Waals surface area contributed by atoms with Crippen LogP contribution in [-0.4, -0.2) is 120 Å². The monoisotopic (exact) mass is 842 g/mol. The maximum Gasteiger partial charge on any atom is 0.319 e. The smallest absolute Gasteiger partial charge is 0.319 e. The molecule has 57 heavy (non-hydrogen) atoms. The van der Waals surface area contributed by atoms with Gasteiger partial charge in [-0.15, -0.1) is 11.3 Å². The van der Waals surface area contributed by atoms with Gasteiger partial charge in [0.2, 0.25) is 15.9 Å². The Kier molecular flexibility index (Phi) is 8.59. The van der Waals surface area contributed by atoms with E-state index in [1.807, 2.05) is 11.0 Å². The molecule has 5 aliphatic heterocycles. The lowest BCUT2D eigenvalue weighted by atomic mass is 9.95. The molecule has 5 fully saturated rings. The number of sulfonamides is 1. The minimum Gasteiger partial charge on any atom is -0.489 e. The summed E-state index contributed by atoms with van der Waals surface area (Å²) in [5.41, 5.74) is 5.35. The van der Waals surface area contributed by atoms with Gasteiger partial charge in [-0.2, -0.15) is 19.5 Å². The molecule has 2 N–H and O–H groups in total. The third-order valence-corrected chi connectivity index (χ3v) is 15.3. The second kappa shape index (κ2) is 13.2. The molecule has 3 unspecified atom stereocenters. The molecule has 0 radical (unpaired) electrons. The summed E-state index contributed by atoms with van der Waals surface area (Å²) in [6.45, 7) is 1.96. The van der Waals surface area contributed by atoms with Gasteiger partial charge in [0, 0.05) is 43.5 Å². The fraction of sp³-hybridized carbons (Fsp3) is 0.526. The van der Waals surface area contributed by atoms with E-state index < -0.39 is 45.5 Å². The minimum absolute atomic E-state index is 0.0101. The molecule has 6 aliphatic rings. The molecular formula is C38H38ClF3N8O5S2. The molecule has 10 rings (SSSR count). The lowest BCUT2D eigenvalue weighted by Crippen LogP contribution is -2.43. The molecule has 6 atom stereocenters. The zero-order valence-electron chi connectivity index (χ0n) is 30.8. The highest BCUT2D eigenvalue weighted by Gasteiger charge is 2.64. The van der Waals surface area contributed by atoms with Crippen LogP contribution < -0.4 is 20.1 Å². The van der Waals surface area contributed by atoms with Crippen LogP contribution in [0.1, 0.15) is 44.1 Å². The topological polar surface area (TPSA) is 158 Å². The fourth-order valence-corrected chi connectivity index (χ4v) is 12.5. The third-order valence-electron chi connectivity index (χ3n) is 12.7. The van der Waals surface area contributed by atoms with Gasteiger partial charge in [0.25, 0.3) is 0 Å². The maximum atomic E-state index is 17.5. The first kappa shape index (κ1) is 37.1. The average molecular weight is 843 g/mol. The molecular weight excluding hydrogens is 805 g/mol. The Hall–Kier alpha value is -4.15. The van der Waals surface area contributed by atoms with Gasteiger partial charge in [-0.05, 0) is 56.2 Å². The van der Waals surface area contributed by atoms with Crippen molar-refractivity contribution >= 4 is 70.7 Å². The van der Waals surface area contributed by atoms with Crippen LogP contribution in [0.4, 0.5) is 24.0 Å². The number of carbonyl (C=O) groups excluding carboxylic acids is 1. The van der Waals surface area contributed by atoms with Crippen molar-refractivity contribution in [2.24, 2.45) is 5.92 Å².